The van der Waals surface area contributed by atoms with Crippen molar-refractivity contribution in [1.82, 2.24) is 0 Å². The Morgan fingerprint density at radius 3 is 2.37 bits per heavy atom. The minimum Gasteiger partial charge on any atom is -0.469 e. The number of rotatable bonds is 6. The first-order valence-corrected chi connectivity index (χ1v) is 7.46. The molecule has 0 saturated carbocycles. The van der Waals surface area contributed by atoms with Crippen LogP contribution in [-0.4, -0.2) is 33.5 Å². The highest BCUT2D eigenvalue weighted by atomic mass is 35.5. The van der Waals surface area contributed by atoms with E-state index in [-0.39, 0.29) is 17.2 Å². The molecule has 0 heterocycles. The van der Waals surface area contributed by atoms with Crippen molar-refractivity contribution in [3.05, 3.63) is 29.8 Å². The van der Waals surface area contributed by atoms with Gasteiger partial charge in [-0.05, 0) is 19.1 Å². The second-order valence-electron chi connectivity index (χ2n) is 3.92. The Kier molecular flexibility index (Phi) is 5.78. The van der Waals surface area contributed by atoms with E-state index in [1.807, 2.05) is 6.92 Å². The third-order valence-corrected chi connectivity index (χ3v) is 4.09. The van der Waals surface area contributed by atoms with Gasteiger partial charge in [-0.2, -0.15) is 8.42 Å². The minimum absolute atomic E-state index is 0.0260. The molecule has 5 nitrogen and oxygen atoms in total. The number of ether oxygens (including phenoxy) is 1. The Balaban J connectivity index is 2.83. The summed E-state index contributed by atoms with van der Waals surface area (Å²) in [6, 6.07) is 6.20. The number of alkyl halides is 1. The van der Waals surface area contributed by atoms with Crippen molar-refractivity contribution in [2.24, 2.45) is 0 Å². The number of methoxy groups -OCH3 is 1. The van der Waals surface area contributed by atoms with Crippen molar-refractivity contribution < 1.29 is 22.1 Å². The van der Waals surface area contributed by atoms with E-state index in [0.717, 1.165) is 5.56 Å². The van der Waals surface area contributed by atoms with Gasteiger partial charge >= 0.3 is 5.97 Å². The lowest BCUT2D eigenvalue weighted by Crippen LogP contribution is -2.24. The van der Waals surface area contributed by atoms with E-state index in [0.29, 0.717) is 0 Å². The minimum atomic E-state index is -3.93. The molecule has 0 N–H and O–H groups in total. The highest BCUT2D eigenvalue weighted by Gasteiger charge is 2.23. The number of carbonyl (C=O) groups excluding carboxylic acids is 1. The van der Waals surface area contributed by atoms with Gasteiger partial charge in [-0.15, -0.1) is 11.6 Å². The maximum Gasteiger partial charge on any atom is 0.308 e. The Labute approximate surface area is 117 Å². The zero-order chi connectivity index (χ0) is 14.5. The van der Waals surface area contributed by atoms with Crippen LogP contribution in [0.2, 0.25) is 0 Å². The maximum atomic E-state index is 11.9. The molecule has 0 aliphatic carbocycles. The lowest BCUT2D eigenvalue weighted by Gasteiger charge is -2.13. The second-order valence-corrected chi connectivity index (χ2v) is 5.80. The number of aryl methyl sites for hydroxylation is 1. The second kappa shape index (κ2) is 6.88. The molecule has 0 aromatic heterocycles. The van der Waals surface area contributed by atoms with E-state index in [2.05, 4.69) is 4.74 Å². The lowest BCUT2D eigenvalue weighted by molar-refractivity contribution is -0.142. The van der Waals surface area contributed by atoms with Crippen molar-refractivity contribution >= 4 is 27.7 Å². The van der Waals surface area contributed by atoms with E-state index in [1.54, 1.807) is 12.1 Å². The molecule has 7 heteroatoms. The number of carbonyl (C=O) groups is 1. The van der Waals surface area contributed by atoms with Gasteiger partial charge in [0.05, 0.1) is 24.3 Å². The van der Waals surface area contributed by atoms with Crippen LogP contribution in [0, 0.1) is 6.92 Å². The van der Waals surface area contributed by atoms with Gasteiger partial charge in [0.15, 0.2) is 0 Å². The Bertz CT molecular complexity index is 524. The molecule has 0 spiro atoms. The van der Waals surface area contributed by atoms with Crippen molar-refractivity contribution in [3.63, 3.8) is 0 Å². The fraction of sp³-hybridized carbons (Fsp3) is 0.417. The van der Waals surface area contributed by atoms with Gasteiger partial charge in [-0.25, -0.2) is 0 Å². The van der Waals surface area contributed by atoms with Crippen molar-refractivity contribution in [3.8, 4) is 0 Å². The molecule has 1 aromatic rings. The van der Waals surface area contributed by atoms with Crippen molar-refractivity contribution in [2.45, 2.75) is 24.3 Å². The number of hydrogen-bond donors (Lipinski definition) is 0. The highest BCUT2D eigenvalue weighted by Crippen LogP contribution is 2.17. The van der Waals surface area contributed by atoms with Crippen molar-refractivity contribution in [2.75, 3.05) is 13.0 Å². The lowest BCUT2D eigenvalue weighted by atomic mass is 10.2. The summed E-state index contributed by atoms with van der Waals surface area (Å²) >= 11 is 5.59. The summed E-state index contributed by atoms with van der Waals surface area (Å²) in [5.74, 6) is -0.704. The molecule has 1 rings (SSSR count). The normalized spacial score (nSPS) is 13.0. The topological polar surface area (TPSA) is 69.7 Å². The van der Waals surface area contributed by atoms with E-state index in [4.69, 9.17) is 15.8 Å². The number of hydrogen-bond acceptors (Lipinski definition) is 5. The van der Waals surface area contributed by atoms with E-state index < -0.39 is 22.2 Å². The van der Waals surface area contributed by atoms with Crippen LogP contribution in [0.1, 0.15) is 12.0 Å². The van der Waals surface area contributed by atoms with Gasteiger partial charge in [0.25, 0.3) is 10.1 Å². The zero-order valence-corrected chi connectivity index (χ0v) is 12.2. The van der Waals surface area contributed by atoms with Crippen LogP contribution in [0.3, 0.4) is 0 Å². The summed E-state index contributed by atoms with van der Waals surface area (Å²) in [4.78, 5) is 11.1. The van der Waals surface area contributed by atoms with Crippen LogP contribution in [0.25, 0.3) is 0 Å². The summed E-state index contributed by atoms with van der Waals surface area (Å²) in [6.07, 6.45) is -1.16. The molecule has 1 aromatic carbocycles. The first-order valence-electron chi connectivity index (χ1n) is 5.52. The fourth-order valence-electron chi connectivity index (χ4n) is 1.32. The molecule has 0 saturated heterocycles. The van der Waals surface area contributed by atoms with Crippen LogP contribution < -0.4 is 0 Å². The predicted molar refractivity (Wildman–Crippen MR) is 70.6 cm³/mol. The monoisotopic (exact) mass is 306 g/mol. The first kappa shape index (κ1) is 15.9. The summed E-state index contributed by atoms with van der Waals surface area (Å²) in [5, 5.41) is 0. The average molecular weight is 307 g/mol. The molecule has 0 fully saturated rings. The maximum absolute atomic E-state index is 11.9. The molecule has 0 radical (unpaired) electrons. The molecule has 0 aliphatic rings. The van der Waals surface area contributed by atoms with Crippen LogP contribution in [0.5, 0.6) is 0 Å². The molecule has 1 unspecified atom stereocenters. The highest BCUT2D eigenvalue weighted by molar-refractivity contribution is 7.86. The number of esters is 1. The summed E-state index contributed by atoms with van der Waals surface area (Å²) in [7, 11) is -2.72. The smallest absolute Gasteiger partial charge is 0.308 e. The van der Waals surface area contributed by atoms with Crippen LogP contribution in [0.15, 0.2) is 29.2 Å². The largest absolute Gasteiger partial charge is 0.469 e. The SMILES string of the molecule is COC(=O)CC(CCl)OS(=O)(=O)c1ccc(C)cc1. The van der Waals surface area contributed by atoms with Crippen LogP contribution in [-0.2, 0) is 23.8 Å². The van der Waals surface area contributed by atoms with E-state index >= 15 is 0 Å². The Hall–Kier alpha value is -1.11. The molecule has 106 valence electrons. The summed E-state index contributed by atoms with van der Waals surface area (Å²) in [5.41, 5.74) is 0.933. The van der Waals surface area contributed by atoms with E-state index in [9.17, 15) is 13.2 Å². The van der Waals surface area contributed by atoms with Crippen molar-refractivity contribution in [1.29, 1.82) is 0 Å². The Morgan fingerprint density at radius 1 is 1.32 bits per heavy atom. The van der Waals surface area contributed by atoms with Crippen LogP contribution in [0.4, 0.5) is 0 Å². The Morgan fingerprint density at radius 2 is 1.89 bits per heavy atom. The predicted octanol–water partition coefficient (Wildman–Crippen LogP) is 1.87. The van der Waals surface area contributed by atoms with Crippen LogP contribution >= 0.6 is 11.6 Å². The van der Waals surface area contributed by atoms with Gasteiger partial charge in [-0.3, -0.25) is 8.98 Å². The molecule has 1 atom stereocenters. The summed E-state index contributed by atoms with van der Waals surface area (Å²) < 4.78 is 33.3. The number of benzene rings is 1. The third kappa shape index (κ3) is 4.81. The van der Waals surface area contributed by atoms with Gasteiger partial charge in [0.1, 0.15) is 6.10 Å². The fourth-order valence-corrected chi connectivity index (χ4v) is 2.64. The zero-order valence-electron chi connectivity index (χ0n) is 10.6. The quantitative estimate of drug-likeness (QED) is 0.456. The van der Waals surface area contributed by atoms with Gasteiger partial charge < -0.3 is 4.74 Å². The first-order chi connectivity index (χ1) is 8.89. The third-order valence-electron chi connectivity index (χ3n) is 2.37. The average Bonchev–Trinajstić information content (AvgIpc) is 2.38. The van der Waals surface area contributed by atoms with Gasteiger partial charge in [0, 0.05) is 0 Å². The standard InChI is InChI=1S/C12H15ClO5S/c1-9-3-5-11(6-4-9)19(15,16)18-10(8-13)7-12(14)17-2/h3-6,10H,7-8H2,1-2H3. The summed E-state index contributed by atoms with van der Waals surface area (Å²) in [6.45, 7) is 1.84. The molecule has 0 aliphatic heterocycles. The molecular formula is C12H15ClO5S. The molecule has 0 amide bonds. The van der Waals surface area contributed by atoms with E-state index in [1.165, 1.54) is 19.2 Å². The molecule has 0 bridgehead atoms. The van der Waals surface area contributed by atoms with Gasteiger partial charge in [0.2, 0.25) is 0 Å². The van der Waals surface area contributed by atoms with Gasteiger partial charge in [-0.1, -0.05) is 17.7 Å². The molecular weight excluding hydrogens is 292 g/mol. The number of halogens is 1. The molecule has 19 heavy (non-hydrogen) atoms.